The SMILES string of the molecule is COC(=O)CC(C)Nc1ccc(C)c(N(C)C)c1. The molecule has 0 saturated heterocycles. The van der Waals surface area contributed by atoms with E-state index >= 15 is 0 Å². The highest BCUT2D eigenvalue weighted by Gasteiger charge is 2.10. The normalized spacial score (nSPS) is 11.8. The molecule has 100 valence electrons. The second kappa shape index (κ2) is 6.28. The Kier molecular flexibility index (Phi) is 5.01. The van der Waals surface area contributed by atoms with E-state index in [0.717, 1.165) is 5.69 Å². The number of aryl methyl sites for hydroxylation is 1. The monoisotopic (exact) mass is 250 g/mol. The average molecular weight is 250 g/mol. The van der Waals surface area contributed by atoms with Gasteiger partial charge in [0.25, 0.3) is 0 Å². The molecule has 1 unspecified atom stereocenters. The van der Waals surface area contributed by atoms with Gasteiger partial charge in [-0.1, -0.05) is 6.07 Å². The van der Waals surface area contributed by atoms with Crippen LogP contribution in [-0.2, 0) is 9.53 Å². The van der Waals surface area contributed by atoms with Crippen LogP contribution in [-0.4, -0.2) is 33.2 Å². The maximum atomic E-state index is 11.2. The Balaban J connectivity index is 2.73. The van der Waals surface area contributed by atoms with Gasteiger partial charge in [0.1, 0.15) is 0 Å². The number of esters is 1. The first-order chi connectivity index (χ1) is 8.43. The molecule has 0 spiro atoms. The molecule has 0 radical (unpaired) electrons. The third-order valence-electron chi connectivity index (χ3n) is 2.80. The molecule has 1 aromatic rings. The van der Waals surface area contributed by atoms with Gasteiger partial charge in [-0.05, 0) is 31.5 Å². The Labute approximate surface area is 109 Å². The number of nitrogens with zero attached hydrogens (tertiary/aromatic N) is 1. The van der Waals surface area contributed by atoms with Gasteiger partial charge >= 0.3 is 5.97 Å². The summed E-state index contributed by atoms with van der Waals surface area (Å²) < 4.78 is 4.65. The van der Waals surface area contributed by atoms with E-state index < -0.39 is 0 Å². The lowest BCUT2D eigenvalue weighted by Crippen LogP contribution is -2.20. The van der Waals surface area contributed by atoms with Crippen LogP contribution in [0.15, 0.2) is 18.2 Å². The molecule has 1 N–H and O–H groups in total. The van der Waals surface area contributed by atoms with Crippen molar-refractivity contribution in [3.05, 3.63) is 23.8 Å². The molecule has 4 heteroatoms. The lowest BCUT2D eigenvalue weighted by Gasteiger charge is -2.19. The molecule has 4 nitrogen and oxygen atoms in total. The van der Waals surface area contributed by atoms with Crippen LogP contribution in [0.3, 0.4) is 0 Å². The van der Waals surface area contributed by atoms with Gasteiger partial charge in [0.2, 0.25) is 0 Å². The largest absolute Gasteiger partial charge is 0.469 e. The van der Waals surface area contributed by atoms with Crippen molar-refractivity contribution < 1.29 is 9.53 Å². The van der Waals surface area contributed by atoms with E-state index in [2.05, 4.69) is 34.0 Å². The molecule has 0 amide bonds. The van der Waals surface area contributed by atoms with Crippen LogP contribution in [0.4, 0.5) is 11.4 Å². The Bertz CT molecular complexity index is 416. The first kappa shape index (κ1) is 14.4. The van der Waals surface area contributed by atoms with Crippen LogP contribution >= 0.6 is 0 Å². The highest BCUT2D eigenvalue weighted by atomic mass is 16.5. The van der Waals surface area contributed by atoms with Crippen LogP contribution in [0.5, 0.6) is 0 Å². The fourth-order valence-electron chi connectivity index (χ4n) is 1.85. The summed E-state index contributed by atoms with van der Waals surface area (Å²) in [5, 5.41) is 3.30. The molecule has 0 aromatic heterocycles. The molecule has 1 aromatic carbocycles. The second-order valence-electron chi connectivity index (χ2n) is 4.72. The van der Waals surface area contributed by atoms with E-state index in [1.807, 2.05) is 27.1 Å². The average Bonchev–Trinajstić information content (AvgIpc) is 2.31. The zero-order valence-corrected chi connectivity index (χ0v) is 11.8. The molecule has 1 atom stereocenters. The van der Waals surface area contributed by atoms with Crippen molar-refractivity contribution in [2.45, 2.75) is 26.3 Å². The van der Waals surface area contributed by atoms with Gasteiger partial charge in [-0.15, -0.1) is 0 Å². The fourth-order valence-corrected chi connectivity index (χ4v) is 1.85. The zero-order chi connectivity index (χ0) is 13.7. The Morgan fingerprint density at radius 2 is 2.11 bits per heavy atom. The predicted molar refractivity (Wildman–Crippen MR) is 75.2 cm³/mol. The molecule has 0 saturated carbocycles. The summed E-state index contributed by atoms with van der Waals surface area (Å²) in [5.74, 6) is -0.199. The third-order valence-corrected chi connectivity index (χ3v) is 2.80. The Morgan fingerprint density at radius 1 is 1.44 bits per heavy atom. The summed E-state index contributed by atoms with van der Waals surface area (Å²) >= 11 is 0. The minimum absolute atomic E-state index is 0.0511. The predicted octanol–water partition coefficient (Wildman–Crippen LogP) is 2.42. The van der Waals surface area contributed by atoms with Crippen LogP contribution in [0.25, 0.3) is 0 Å². The lowest BCUT2D eigenvalue weighted by atomic mass is 10.1. The summed E-state index contributed by atoms with van der Waals surface area (Å²) in [6.45, 7) is 4.04. The number of benzene rings is 1. The van der Waals surface area contributed by atoms with E-state index in [4.69, 9.17) is 0 Å². The smallest absolute Gasteiger partial charge is 0.307 e. The molecule has 0 bridgehead atoms. The maximum absolute atomic E-state index is 11.2. The molecule has 18 heavy (non-hydrogen) atoms. The summed E-state index contributed by atoms with van der Waals surface area (Å²) in [6.07, 6.45) is 0.363. The van der Waals surface area contributed by atoms with Gasteiger partial charge in [0, 0.05) is 31.5 Å². The van der Waals surface area contributed by atoms with E-state index in [0.29, 0.717) is 6.42 Å². The highest BCUT2D eigenvalue weighted by molar-refractivity contribution is 5.71. The number of rotatable bonds is 5. The maximum Gasteiger partial charge on any atom is 0.307 e. The fraction of sp³-hybridized carbons (Fsp3) is 0.500. The Hall–Kier alpha value is -1.71. The van der Waals surface area contributed by atoms with Crippen LogP contribution in [0.1, 0.15) is 18.9 Å². The van der Waals surface area contributed by atoms with E-state index in [1.165, 1.54) is 18.4 Å². The van der Waals surface area contributed by atoms with E-state index in [1.54, 1.807) is 0 Å². The van der Waals surface area contributed by atoms with E-state index in [-0.39, 0.29) is 12.0 Å². The minimum atomic E-state index is -0.199. The molecule has 0 heterocycles. The highest BCUT2D eigenvalue weighted by Crippen LogP contribution is 2.23. The molecule has 1 rings (SSSR count). The summed E-state index contributed by atoms with van der Waals surface area (Å²) in [5.41, 5.74) is 3.41. The number of methoxy groups -OCH3 is 1. The first-order valence-corrected chi connectivity index (χ1v) is 6.05. The van der Waals surface area contributed by atoms with Gasteiger partial charge in [-0.25, -0.2) is 0 Å². The van der Waals surface area contributed by atoms with E-state index in [9.17, 15) is 4.79 Å². The molecule has 0 aliphatic carbocycles. The molecule has 0 aliphatic heterocycles. The number of hydrogen-bond acceptors (Lipinski definition) is 4. The number of anilines is 2. The number of hydrogen-bond donors (Lipinski definition) is 1. The van der Waals surface area contributed by atoms with Crippen molar-refractivity contribution in [1.82, 2.24) is 0 Å². The van der Waals surface area contributed by atoms with Gasteiger partial charge in [-0.3, -0.25) is 4.79 Å². The van der Waals surface area contributed by atoms with Gasteiger partial charge in [0.05, 0.1) is 13.5 Å². The minimum Gasteiger partial charge on any atom is -0.469 e. The summed E-state index contributed by atoms with van der Waals surface area (Å²) in [4.78, 5) is 13.2. The van der Waals surface area contributed by atoms with Gasteiger partial charge in [0.15, 0.2) is 0 Å². The topological polar surface area (TPSA) is 41.6 Å². The second-order valence-corrected chi connectivity index (χ2v) is 4.72. The van der Waals surface area contributed by atoms with Gasteiger partial charge < -0.3 is 15.0 Å². The van der Waals surface area contributed by atoms with Crippen LogP contribution in [0, 0.1) is 6.92 Å². The van der Waals surface area contributed by atoms with Crippen molar-refractivity contribution in [3.63, 3.8) is 0 Å². The van der Waals surface area contributed by atoms with Crippen molar-refractivity contribution in [2.24, 2.45) is 0 Å². The lowest BCUT2D eigenvalue weighted by molar-refractivity contribution is -0.140. The molecule has 0 aliphatic rings. The summed E-state index contributed by atoms with van der Waals surface area (Å²) in [7, 11) is 5.44. The first-order valence-electron chi connectivity index (χ1n) is 6.05. The van der Waals surface area contributed by atoms with Crippen molar-refractivity contribution in [3.8, 4) is 0 Å². The standard InChI is InChI=1S/C14H22N2O2/c1-10-6-7-12(9-13(10)16(3)4)15-11(2)8-14(17)18-5/h6-7,9,11,15H,8H2,1-5H3. The summed E-state index contributed by atoms with van der Waals surface area (Å²) in [6, 6.07) is 6.23. The number of ether oxygens (including phenoxy) is 1. The molecular formula is C14H22N2O2. The quantitative estimate of drug-likeness (QED) is 0.815. The Morgan fingerprint density at radius 3 is 2.67 bits per heavy atom. The number of carbonyl (C=O) groups excluding carboxylic acids is 1. The number of nitrogens with one attached hydrogen (secondary N) is 1. The molecule has 0 fully saturated rings. The van der Waals surface area contributed by atoms with Crippen molar-refractivity contribution in [2.75, 3.05) is 31.4 Å². The third kappa shape index (κ3) is 3.95. The van der Waals surface area contributed by atoms with Gasteiger partial charge in [-0.2, -0.15) is 0 Å². The van der Waals surface area contributed by atoms with Crippen molar-refractivity contribution >= 4 is 17.3 Å². The van der Waals surface area contributed by atoms with Crippen molar-refractivity contribution in [1.29, 1.82) is 0 Å². The van der Waals surface area contributed by atoms with Crippen LogP contribution in [0.2, 0.25) is 0 Å². The van der Waals surface area contributed by atoms with Crippen LogP contribution < -0.4 is 10.2 Å². The molecular weight excluding hydrogens is 228 g/mol. The number of carbonyl (C=O) groups is 1. The zero-order valence-electron chi connectivity index (χ0n) is 11.8.